The molecule has 0 radical (unpaired) electrons. The van der Waals surface area contributed by atoms with Crippen LogP contribution in [0.15, 0.2) is 35.2 Å². The van der Waals surface area contributed by atoms with Crippen molar-refractivity contribution in [3.05, 3.63) is 30.3 Å². The van der Waals surface area contributed by atoms with E-state index in [1.807, 2.05) is 37.3 Å². The molecule has 1 aromatic rings. The van der Waals surface area contributed by atoms with E-state index in [0.29, 0.717) is 12.0 Å². The largest absolute Gasteiger partial charge is 0.480 e. The summed E-state index contributed by atoms with van der Waals surface area (Å²) in [4.78, 5) is 26.9. The molecule has 0 heterocycles. The number of carboxylic acid groups (broad SMARTS) is 1. The van der Waals surface area contributed by atoms with E-state index in [1.54, 1.807) is 11.8 Å². The molecule has 5 nitrogen and oxygen atoms in total. The molecule has 2 N–H and O–H groups in total. The second kappa shape index (κ2) is 8.91. The van der Waals surface area contributed by atoms with Crippen LogP contribution in [-0.4, -0.2) is 52.3 Å². The van der Waals surface area contributed by atoms with Gasteiger partial charge in [-0.2, -0.15) is 0 Å². The molecule has 0 bridgehead atoms. The Balaban J connectivity index is 1.45. The third kappa shape index (κ3) is 5.48. The zero-order chi connectivity index (χ0) is 18.5. The van der Waals surface area contributed by atoms with E-state index in [0.717, 1.165) is 30.7 Å². The molecular weight excluding hydrogens is 348 g/mol. The molecule has 0 aromatic heterocycles. The van der Waals surface area contributed by atoms with Gasteiger partial charge in [0.2, 0.25) is 5.91 Å². The highest BCUT2D eigenvalue weighted by atomic mass is 32.2. The fourth-order valence-corrected chi connectivity index (χ4v) is 4.42. The van der Waals surface area contributed by atoms with Crippen LogP contribution < -0.4 is 5.32 Å². The third-order valence-corrected chi connectivity index (χ3v) is 6.56. The summed E-state index contributed by atoms with van der Waals surface area (Å²) >= 11 is 1.61. The number of hydrogen-bond acceptors (Lipinski definition) is 4. The average Bonchev–Trinajstić information content (AvgIpc) is 3.39. The van der Waals surface area contributed by atoms with Gasteiger partial charge in [0.15, 0.2) is 0 Å². The standard InChI is InChI=1S/C20H28N2O3S/c1-2-18(26-17-6-4-3-5-7-17)20(25)21-15-10-16(11-15)22(13-19(23)24)12-14-8-9-14/h3-7,14-16,18H,2,8-13H2,1H3,(H,21,25)(H,23,24). The number of amides is 1. The lowest BCUT2D eigenvalue weighted by Crippen LogP contribution is -2.56. The number of carboxylic acids is 1. The van der Waals surface area contributed by atoms with E-state index in [-0.39, 0.29) is 23.7 Å². The lowest BCUT2D eigenvalue weighted by molar-refractivity contribution is -0.140. The van der Waals surface area contributed by atoms with Crippen LogP contribution in [0.3, 0.4) is 0 Å². The Morgan fingerprint density at radius 2 is 1.96 bits per heavy atom. The molecule has 1 aromatic carbocycles. The molecule has 1 unspecified atom stereocenters. The molecule has 26 heavy (non-hydrogen) atoms. The van der Waals surface area contributed by atoms with Gasteiger partial charge in [-0.3, -0.25) is 14.5 Å². The molecule has 0 aliphatic heterocycles. The Bertz CT molecular complexity index is 615. The molecule has 2 aliphatic carbocycles. The predicted octanol–water partition coefficient (Wildman–Crippen LogP) is 3.00. The first kappa shape index (κ1) is 19.2. The van der Waals surface area contributed by atoms with Gasteiger partial charge in [0.05, 0.1) is 11.8 Å². The predicted molar refractivity (Wildman–Crippen MR) is 103 cm³/mol. The molecule has 0 saturated heterocycles. The molecule has 2 aliphatic rings. The molecule has 3 rings (SSSR count). The van der Waals surface area contributed by atoms with E-state index in [1.165, 1.54) is 12.8 Å². The Morgan fingerprint density at radius 3 is 2.54 bits per heavy atom. The maximum absolute atomic E-state index is 12.6. The smallest absolute Gasteiger partial charge is 0.317 e. The summed E-state index contributed by atoms with van der Waals surface area (Å²) in [7, 11) is 0. The third-order valence-electron chi connectivity index (χ3n) is 5.19. The summed E-state index contributed by atoms with van der Waals surface area (Å²) in [6, 6.07) is 10.5. The first-order valence-corrected chi connectivity index (χ1v) is 10.4. The van der Waals surface area contributed by atoms with E-state index in [2.05, 4.69) is 10.2 Å². The minimum Gasteiger partial charge on any atom is -0.480 e. The van der Waals surface area contributed by atoms with Gasteiger partial charge in [0, 0.05) is 23.5 Å². The lowest BCUT2D eigenvalue weighted by Gasteiger charge is -2.43. The van der Waals surface area contributed by atoms with Gasteiger partial charge in [0.1, 0.15) is 0 Å². The minimum atomic E-state index is -0.761. The Morgan fingerprint density at radius 1 is 1.27 bits per heavy atom. The van der Waals surface area contributed by atoms with Crippen LogP contribution in [0.25, 0.3) is 0 Å². The van der Waals surface area contributed by atoms with E-state index >= 15 is 0 Å². The Kier molecular flexibility index (Phi) is 6.59. The second-order valence-electron chi connectivity index (χ2n) is 7.43. The van der Waals surface area contributed by atoms with Gasteiger partial charge < -0.3 is 10.4 Å². The summed E-state index contributed by atoms with van der Waals surface area (Å²) in [6.45, 7) is 3.04. The molecule has 1 atom stereocenters. The molecule has 6 heteroatoms. The minimum absolute atomic E-state index is 0.0852. The molecule has 0 spiro atoms. The topological polar surface area (TPSA) is 69.6 Å². The number of thioether (sulfide) groups is 1. The highest BCUT2D eigenvalue weighted by Gasteiger charge is 2.38. The number of rotatable bonds is 10. The van der Waals surface area contributed by atoms with Crippen LogP contribution in [0.4, 0.5) is 0 Å². The van der Waals surface area contributed by atoms with Crippen molar-refractivity contribution in [2.45, 2.75) is 61.3 Å². The van der Waals surface area contributed by atoms with Gasteiger partial charge in [-0.25, -0.2) is 0 Å². The Labute approximate surface area is 159 Å². The first-order chi connectivity index (χ1) is 12.5. The number of benzene rings is 1. The normalized spacial score (nSPS) is 23.3. The molecule has 1 amide bonds. The van der Waals surface area contributed by atoms with Crippen LogP contribution in [0.1, 0.15) is 39.0 Å². The zero-order valence-electron chi connectivity index (χ0n) is 15.3. The van der Waals surface area contributed by atoms with Crippen LogP contribution >= 0.6 is 11.8 Å². The fourth-order valence-electron chi connectivity index (χ4n) is 3.43. The van der Waals surface area contributed by atoms with E-state index in [4.69, 9.17) is 5.11 Å². The molecule has 2 saturated carbocycles. The molecule has 142 valence electrons. The van der Waals surface area contributed by atoms with E-state index in [9.17, 15) is 9.59 Å². The highest BCUT2D eigenvalue weighted by Crippen LogP contribution is 2.34. The summed E-state index contributed by atoms with van der Waals surface area (Å²) in [6.07, 6.45) is 4.94. The van der Waals surface area contributed by atoms with Gasteiger partial charge in [-0.1, -0.05) is 25.1 Å². The fraction of sp³-hybridized carbons (Fsp3) is 0.600. The Hall–Kier alpha value is -1.53. The van der Waals surface area contributed by atoms with Crippen molar-refractivity contribution < 1.29 is 14.7 Å². The number of carbonyl (C=O) groups is 2. The van der Waals surface area contributed by atoms with Crippen LogP contribution in [0.2, 0.25) is 0 Å². The van der Waals surface area contributed by atoms with Crippen molar-refractivity contribution in [3.8, 4) is 0 Å². The maximum atomic E-state index is 12.6. The van der Waals surface area contributed by atoms with Crippen molar-refractivity contribution >= 4 is 23.6 Å². The highest BCUT2D eigenvalue weighted by molar-refractivity contribution is 8.00. The maximum Gasteiger partial charge on any atom is 0.317 e. The quantitative estimate of drug-likeness (QED) is 0.615. The number of nitrogens with one attached hydrogen (secondary N) is 1. The van der Waals surface area contributed by atoms with Crippen molar-refractivity contribution in [3.63, 3.8) is 0 Å². The number of nitrogens with zero attached hydrogens (tertiary/aromatic N) is 1. The van der Waals surface area contributed by atoms with Crippen molar-refractivity contribution in [2.75, 3.05) is 13.1 Å². The summed E-state index contributed by atoms with van der Waals surface area (Å²) in [5, 5.41) is 12.2. The number of aliphatic carboxylic acids is 1. The van der Waals surface area contributed by atoms with Crippen molar-refractivity contribution in [2.24, 2.45) is 5.92 Å². The SMILES string of the molecule is CCC(Sc1ccccc1)C(=O)NC1CC(N(CC(=O)O)CC2CC2)C1. The van der Waals surface area contributed by atoms with Gasteiger partial charge in [-0.05, 0) is 50.2 Å². The van der Waals surface area contributed by atoms with Gasteiger partial charge in [-0.15, -0.1) is 11.8 Å². The average molecular weight is 377 g/mol. The molecule has 2 fully saturated rings. The summed E-state index contributed by atoms with van der Waals surface area (Å²) in [5.41, 5.74) is 0. The number of carbonyl (C=O) groups excluding carboxylic acids is 1. The summed E-state index contributed by atoms with van der Waals surface area (Å²) in [5.74, 6) is 0.00922. The van der Waals surface area contributed by atoms with Gasteiger partial charge in [0.25, 0.3) is 0 Å². The molecular formula is C20H28N2O3S. The van der Waals surface area contributed by atoms with Crippen molar-refractivity contribution in [1.29, 1.82) is 0 Å². The van der Waals surface area contributed by atoms with Crippen molar-refractivity contribution in [1.82, 2.24) is 10.2 Å². The number of hydrogen-bond donors (Lipinski definition) is 2. The lowest BCUT2D eigenvalue weighted by atomic mass is 9.85. The second-order valence-corrected chi connectivity index (χ2v) is 8.70. The van der Waals surface area contributed by atoms with E-state index < -0.39 is 5.97 Å². The first-order valence-electron chi connectivity index (χ1n) is 9.53. The monoisotopic (exact) mass is 376 g/mol. The zero-order valence-corrected chi connectivity index (χ0v) is 16.1. The van der Waals surface area contributed by atoms with Crippen LogP contribution in [0, 0.1) is 5.92 Å². The van der Waals surface area contributed by atoms with Crippen LogP contribution in [0.5, 0.6) is 0 Å². The van der Waals surface area contributed by atoms with Crippen LogP contribution in [-0.2, 0) is 9.59 Å². The summed E-state index contributed by atoms with van der Waals surface area (Å²) < 4.78 is 0. The van der Waals surface area contributed by atoms with Gasteiger partial charge >= 0.3 is 5.97 Å².